The Morgan fingerprint density at radius 3 is 2.72 bits per heavy atom. The summed E-state index contributed by atoms with van der Waals surface area (Å²) in [7, 11) is 0. The number of aromatic nitrogens is 2. The van der Waals surface area contributed by atoms with Crippen LogP contribution < -0.4 is 0 Å². The average molecular weight is 281 g/mol. The summed E-state index contributed by atoms with van der Waals surface area (Å²) in [5, 5.41) is 0.841. The average Bonchev–Trinajstić information content (AvgIpc) is 2.83. The summed E-state index contributed by atoms with van der Waals surface area (Å²) >= 11 is 11.8. The minimum Gasteiger partial charge on any atom is -0.303 e. The van der Waals surface area contributed by atoms with E-state index in [1.165, 1.54) is 0 Å². The fourth-order valence-electron chi connectivity index (χ4n) is 1.61. The minimum absolute atomic E-state index is 0.169. The number of benzene rings is 1. The van der Waals surface area contributed by atoms with E-state index in [0.717, 1.165) is 0 Å². The molecule has 0 N–H and O–H groups in total. The van der Waals surface area contributed by atoms with E-state index in [2.05, 4.69) is 4.98 Å². The number of carbonyl (C=O) groups excluding carboxylic acids is 1. The SMILES string of the molecule is C/C=C(\C(=O)c1ccc(Cl)cc1Cl)n1ccnc1. The molecular weight excluding hydrogens is 271 g/mol. The van der Waals surface area contributed by atoms with Gasteiger partial charge in [0.05, 0.1) is 17.0 Å². The standard InChI is InChI=1S/C13H10Cl2N2O/c1-2-12(17-6-5-16-8-17)13(18)10-4-3-9(14)7-11(10)15/h2-8H,1H3/b12-2+. The van der Waals surface area contributed by atoms with Crippen molar-refractivity contribution in [1.82, 2.24) is 9.55 Å². The molecule has 0 saturated carbocycles. The fraction of sp³-hybridized carbons (Fsp3) is 0.0769. The van der Waals surface area contributed by atoms with E-state index in [1.807, 2.05) is 0 Å². The number of nitrogens with zero attached hydrogens (tertiary/aromatic N) is 2. The zero-order valence-corrected chi connectivity index (χ0v) is 11.1. The summed E-state index contributed by atoms with van der Waals surface area (Å²) in [6, 6.07) is 4.81. The second kappa shape index (κ2) is 5.38. The van der Waals surface area contributed by atoms with Crippen LogP contribution in [0.4, 0.5) is 0 Å². The molecule has 0 fully saturated rings. The maximum atomic E-state index is 12.4. The van der Waals surface area contributed by atoms with Gasteiger partial charge < -0.3 is 4.57 Å². The Bertz CT molecular complexity index is 603. The van der Waals surface area contributed by atoms with Gasteiger partial charge in [0.1, 0.15) is 0 Å². The van der Waals surface area contributed by atoms with Gasteiger partial charge >= 0.3 is 0 Å². The molecule has 2 rings (SSSR count). The van der Waals surface area contributed by atoms with Crippen molar-refractivity contribution in [3.63, 3.8) is 0 Å². The van der Waals surface area contributed by atoms with Gasteiger partial charge in [-0.2, -0.15) is 0 Å². The number of Topliss-reactive ketones (excluding diaryl/α,β-unsaturated/α-hetero) is 1. The molecule has 18 heavy (non-hydrogen) atoms. The molecule has 5 heteroatoms. The number of hydrogen-bond donors (Lipinski definition) is 0. The monoisotopic (exact) mass is 280 g/mol. The summed E-state index contributed by atoms with van der Waals surface area (Å²) < 4.78 is 1.65. The molecule has 0 atom stereocenters. The van der Waals surface area contributed by atoms with Gasteiger partial charge in [-0.15, -0.1) is 0 Å². The molecule has 2 aromatic rings. The largest absolute Gasteiger partial charge is 0.303 e. The van der Waals surface area contributed by atoms with Crippen LogP contribution in [0.5, 0.6) is 0 Å². The third-order valence-corrected chi connectivity index (χ3v) is 3.01. The van der Waals surface area contributed by atoms with Gasteiger partial charge in [-0.05, 0) is 25.1 Å². The van der Waals surface area contributed by atoms with Gasteiger partial charge in [0.15, 0.2) is 0 Å². The van der Waals surface area contributed by atoms with Crippen molar-refractivity contribution in [2.24, 2.45) is 0 Å². The molecule has 1 aromatic carbocycles. The first kappa shape index (κ1) is 12.9. The smallest absolute Gasteiger partial charge is 0.210 e. The third-order valence-electron chi connectivity index (χ3n) is 2.46. The van der Waals surface area contributed by atoms with Gasteiger partial charge in [0, 0.05) is 23.0 Å². The Kier molecular flexibility index (Phi) is 3.84. The van der Waals surface area contributed by atoms with Gasteiger partial charge in [-0.3, -0.25) is 4.79 Å². The number of rotatable bonds is 3. The Morgan fingerprint density at radius 1 is 1.39 bits per heavy atom. The third kappa shape index (κ3) is 2.47. The normalized spacial score (nSPS) is 11.6. The van der Waals surface area contributed by atoms with Gasteiger partial charge in [0.2, 0.25) is 5.78 Å². The molecule has 3 nitrogen and oxygen atoms in total. The number of carbonyl (C=O) groups is 1. The summed E-state index contributed by atoms with van der Waals surface area (Å²) in [5.74, 6) is -0.169. The Balaban J connectivity index is 2.42. The first-order valence-electron chi connectivity index (χ1n) is 5.28. The van der Waals surface area contributed by atoms with E-state index >= 15 is 0 Å². The van der Waals surface area contributed by atoms with Crippen molar-refractivity contribution in [3.8, 4) is 0 Å². The molecule has 92 valence electrons. The number of ketones is 1. The van der Waals surface area contributed by atoms with Crippen LogP contribution in [0, 0.1) is 0 Å². The van der Waals surface area contributed by atoms with Crippen LogP contribution in [0.2, 0.25) is 10.0 Å². The molecule has 0 aliphatic rings. The number of allylic oxidation sites excluding steroid dienone is 2. The lowest BCUT2D eigenvalue weighted by atomic mass is 10.1. The highest BCUT2D eigenvalue weighted by Crippen LogP contribution is 2.24. The summed E-state index contributed by atoms with van der Waals surface area (Å²) in [5.41, 5.74) is 0.916. The molecule has 1 aromatic heterocycles. The molecule has 0 bridgehead atoms. The van der Waals surface area contributed by atoms with E-state index < -0.39 is 0 Å². The second-order valence-corrected chi connectivity index (χ2v) is 4.44. The zero-order chi connectivity index (χ0) is 13.1. The van der Waals surface area contributed by atoms with E-state index in [9.17, 15) is 4.79 Å². The maximum Gasteiger partial charge on any atom is 0.210 e. The topological polar surface area (TPSA) is 34.9 Å². The highest BCUT2D eigenvalue weighted by atomic mass is 35.5. The first-order chi connectivity index (χ1) is 8.63. The zero-order valence-electron chi connectivity index (χ0n) is 9.60. The molecule has 0 radical (unpaired) electrons. The molecule has 0 saturated heterocycles. The predicted molar refractivity (Wildman–Crippen MR) is 73.0 cm³/mol. The molecule has 1 heterocycles. The van der Waals surface area contributed by atoms with Gasteiger partial charge in [-0.1, -0.05) is 29.3 Å². The minimum atomic E-state index is -0.169. The summed E-state index contributed by atoms with van der Waals surface area (Å²) in [4.78, 5) is 16.3. The molecule has 0 amide bonds. The van der Waals surface area contributed by atoms with Crippen LogP contribution in [0.15, 0.2) is 43.0 Å². The molecule has 0 aliphatic carbocycles. The van der Waals surface area contributed by atoms with Crippen molar-refractivity contribution in [2.75, 3.05) is 0 Å². The Hall–Kier alpha value is -1.58. The van der Waals surface area contributed by atoms with Gasteiger partial charge in [0.25, 0.3) is 0 Å². The van der Waals surface area contributed by atoms with E-state index in [-0.39, 0.29) is 5.78 Å². The van der Waals surface area contributed by atoms with Crippen LogP contribution in [-0.2, 0) is 0 Å². The van der Waals surface area contributed by atoms with E-state index in [4.69, 9.17) is 23.2 Å². The van der Waals surface area contributed by atoms with E-state index in [0.29, 0.717) is 21.3 Å². The Labute approximate surface area is 115 Å². The molecule has 0 unspecified atom stereocenters. The fourth-order valence-corrected chi connectivity index (χ4v) is 2.10. The highest BCUT2D eigenvalue weighted by Gasteiger charge is 2.16. The van der Waals surface area contributed by atoms with E-state index in [1.54, 1.807) is 54.5 Å². The van der Waals surface area contributed by atoms with Crippen LogP contribution in [0.1, 0.15) is 17.3 Å². The van der Waals surface area contributed by atoms with Crippen LogP contribution in [-0.4, -0.2) is 15.3 Å². The number of hydrogen-bond acceptors (Lipinski definition) is 2. The first-order valence-corrected chi connectivity index (χ1v) is 6.03. The quantitative estimate of drug-likeness (QED) is 0.631. The predicted octanol–water partition coefficient (Wildman–Crippen LogP) is 3.93. The summed E-state index contributed by atoms with van der Waals surface area (Å²) in [6.07, 6.45) is 6.60. The van der Waals surface area contributed by atoms with Crippen molar-refractivity contribution >= 4 is 34.7 Å². The van der Waals surface area contributed by atoms with Crippen molar-refractivity contribution < 1.29 is 4.79 Å². The lowest BCUT2D eigenvalue weighted by Crippen LogP contribution is -2.08. The maximum absolute atomic E-state index is 12.4. The highest BCUT2D eigenvalue weighted by molar-refractivity contribution is 6.39. The number of imidazole rings is 1. The van der Waals surface area contributed by atoms with Crippen LogP contribution in [0.3, 0.4) is 0 Å². The molecular formula is C13H10Cl2N2O. The van der Waals surface area contributed by atoms with Gasteiger partial charge in [-0.25, -0.2) is 4.98 Å². The lowest BCUT2D eigenvalue weighted by molar-refractivity contribution is 0.105. The van der Waals surface area contributed by atoms with Crippen molar-refractivity contribution in [3.05, 3.63) is 58.6 Å². The van der Waals surface area contributed by atoms with Crippen LogP contribution in [0.25, 0.3) is 5.70 Å². The van der Waals surface area contributed by atoms with Crippen molar-refractivity contribution in [2.45, 2.75) is 6.92 Å². The second-order valence-electron chi connectivity index (χ2n) is 3.60. The Morgan fingerprint density at radius 2 is 2.17 bits per heavy atom. The van der Waals surface area contributed by atoms with Crippen LogP contribution >= 0.6 is 23.2 Å². The lowest BCUT2D eigenvalue weighted by Gasteiger charge is -2.08. The summed E-state index contributed by atoms with van der Waals surface area (Å²) in [6.45, 7) is 1.79. The van der Waals surface area contributed by atoms with Crippen molar-refractivity contribution in [1.29, 1.82) is 0 Å². The molecule has 0 aliphatic heterocycles. The number of halogens is 2. The molecule has 0 spiro atoms.